The van der Waals surface area contributed by atoms with Crippen LogP contribution in [-0.2, 0) is 0 Å². The molecule has 1 heterocycles. The van der Waals surface area contributed by atoms with Crippen molar-refractivity contribution in [2.45, 2.75) is 19.8 Å². The summed E-state index contributed by atoms with van der Waals surface area (Å²) in [6, 6.07) is 5.92. The van der Waals surface area contributed by atoms with Gasteiger partial charge in [-0.05, 0) is 51.4 Å². The van der Waals surface area contributed by atoms with Crippen LogP contribution in [0.15, 0.2) is 18.2 Å². The van der Waals surface area contributed by atoms with Gasteiger partial charge in [0.15, 0.2) is 0 Å². The first-order chi connectivity index (χ1) is 9.20. The fraction of sp³-hybridized carbons (Fsp3) is 0.600. The van der Waals surface area contributed by atoms with Crippen LogP contribution in [-0.4, -0.2) is 38.2 Å². The van der Waals surface area contributed by atoms with Crippen molar-refractivity contribution in [2.24, 2.45) is 5.92 Å². The molecular formula is C15H25N3O. The molecular weight excluding hydrogens is 238 g/mol. The Bertz CT molecular complexity index is 408. The number of nitrogens with zero attached hydrogens (tertiary/aromatic N) is 1. The number of benzene rings is 1. The van der Waals surface area contributed by atoms with E-state index in [1.807, 2.05) is 25.1 Å². The summed E-state index contributed by atoms with van der Waals surface area (Å²) in [6.07, 6.45) is 2.58. The molecule has 0 radical (unpaired) electrons. The number of nitrogens with two attached hydrogens (primary N) is 1. The summed E-state index contributed by atoms with van der Waals surface area (Å²) < 4.78 is 5.51. The third-order valence-electron chi connectivity index (χ3n) is 3.67. The lowest BCUT2D eigenvalue weighted by atomic mass is 9.98. The monoisotopic (exact) mass is 263 g/mol. The van der Waals surface area contributed by atoms with E-state index in [0.29, 0.717) is 18.2 Å². The predicted molar refractivity (Wildman–Crippen MR) is 80.7 cm³/mol. The van der Waals surface area contributed by atoms with Crippen LogP contribution in [0.3, 0.4) is 0 Å². The largest absolute Gasteiger partial charge is 0.492 e. The first-order valence-electron chi connectivity index (χ1n) is 7.14. The fourth-order valence-electron chi connectivity index (χ4n) is 2.67. The molecule has 0 saturated carbocycles. The predicted octanol–water partition coefficient (Wildman–Crippen LogP) is 2.42. The van der Waals surface area contributed by atoms with Gasteiger partial charge in [-0.1, -0.05) is 6.07 Å². The second kappa shape index (κ2) is 6.66. The molecule has 4 heteroatoms. The van der Waals surface area contributed by atoms with Crippen LogP contribution < -0.4 is 15.8 Å². The number of piperidine rings is 1. The summed E-state index contributed by atoms with van der Waals surface area (Å²) in [5.74, 6) is 1.47. The topological polar surface area (TPSA) is 50.5 Å². The maximum atomic E-state index is 6.11. The highest BCUT2D eigenvalue weighted by Gasteiger charge is 2.17. The normalized spacial score (nSPS) is 20.2. The van der Waals surface area contributed by atoms with E-state index in [2.05, 4.69) is 17.3 Å². The van der Waals surface area contributed by atoms with Gasteiger partial charge < -0.3 is 20.7 Å². The van der Waals surface area contributed by atoms with Crippen molar-refractivity contribution in [2.75, 3.05) is 44.3 Å². The zero-order valence-corrected chi connectivity index (χ0v) is 12.0. The van der Waals surface area contributed by atoms with Gasteiger partial charge in [-0.15, -0.1) is 0 Å². The van der Waals surface area contributed by atoms with Gasteiger partial charge in [0.2, 0.25) is 0 Å². The van der Waals surface area contributed by atoms with Crippen LogP contribution >= 0.6 is 0 Å². The molecule has 0 aliphatic carbocycles. The third-order valence-corrected chi connectivity index (χ3v) is 3.67. The van der Waals surface area contributed by atoms with Crippen LogP contribution in [0.2, 0.25) is 0 Å². The van der Waals surface area contributed by atoms with E-state index < -0.39 is 0 Å². The zero-order valence-electron chi connectivity index (χ0n) is 12.0. The lowest BCUT2D eigenvalue weighted by Gasteiger charge is -2.30. The minimum Gasteiger partial charge on any atom is -0.492 e. The average molecular weight is 263 g/mol. The quantitative estimate of drug-likeness (QED) is 0.801. The van der Waals surface area contributed by atoms with Crippen molar-refractivity contribution in [1.82, 2.24) is 4.90 Å². The van der Waals surface area contributed by atoms with Gasteiger partial charge >= 0.3 is 0 Å². The number of hydrogen-bond acceptors (Lipinski definition) is 4. The number of rotatable bonds is 5. The molecule has 0 bridgehead atoms. The molecule has 1 fully saturated rings. The molecule has 3 N–H and O–H groups in total. The highest BCUT2D eigenvalue weighted by molar-refractivity contribution is 5.72. The number of para-hydroxylation sites is 1. The molecule has 106 valence electrons. The van der Waals surface area contributed by atoms with Crippen LogP contribution in [0.4, 0.5) is 11.4 Å². The number of likely N-dealkylation sites (tertiary alicyclic amines) is 1. The Hall–Kier alpha value is -1.42. The third kappa shape index (κ3) is 3.77. The van der Waals surface area contributed by atoms with E-state index in [0.717, 1.165) is 24.5 Å². The Morgan fingerprint density at radius 3 is 3.05 bits per heavy atom. The molecule has 1 aliphatic heterocycles. The van der Waals surface area contributed by atoms with Gasteiger partial charge in [0.1, 0.15) is 5.75 Å². The van der Waals surface area contributed by atoms with E-state index in [9.17, 15) is 0 Å². The molecule has 1 unspecified atom stereocenters. The van der Waals surface area contributed by atoms with Gasteiger partial charge in [0.05, 0.1) is 18.0 Å². The second-order valence-corrected chi connectivity index (χ2v) is 5.30. The lowest BCUT2D eigenvalue weighted by molar-refractivity contribution is 0.217. The maximum Gasteiger partial charge on any atom is 0.144 e. The molecule has 1 aromatic carbocycles. The molecule has 2 rings (SSSR count). The van der Waals surface area contributed by atoms with Gasteiger partial charge in [-0.2, -0.15) is 0 Å². The molecule has 1 saturated heterocycles. The molecule has 0 amide bonds. The Labute approximate surface area is 115 Å². The average Bonchev–Trinajstić information content (AvgIpc) is 2.40. The van der Waals surface area contributed by atoms with Crippen molar-refractivity contribution >= 4 is 11.4 Å². The molecule has 1 aliphatic rings. The van der Waals surface area contributed by atoms with Crippen LogP contribution in [0.1, 0.15) is 19.8 Å². The summed E-state index contributed by atoms with van der Waals surface area (Å²) in [5, 5.41) is 3.47. The smallest absolute Gasteiger partial charge is 0.144 e. The summed E-state index contributed by atoms with van der Waals surface area (Å²) in [6.45, 7) is 5.97. The fourth-order valence-corrected chi connectivity index (χ4v) is 2.67. The lowest BCUT2D eigenvalue weighted by Crippen LogP contribution is -2.35. The van der Waals surface area contributed by atoms with E-state index >= 15 is 0 Å². The Morgan fingerprint density at radius 1 is 1.47 bits per heavy atom. The van der Waals surface area contributed by atoms with Crippen molar-refractivity contribution in [3.63, 3.8) is 0 Å². The molecule has 19 heavy (non-hydrogen) atoms. The molecule has 0 spiro atoms. The molecule has 1 aromatic rings. The minimum absolute atomic E-state index is 0.640. The van der Waals surface area contributed by atoms with Crippen LogP contribution in [0.25, 0.3) is 0 Å². The van der Waals surface area contributed by atoms with E-state index in [4.69, 9.17) is 10.5 Å². The summed E-state index contributed by atoms with van der Waals surface area (Å²) in [4.78, 5) is 2.40. The Morgan fingerprint density at radius 2 is 2.32 bits per heavy atom. The number of nitrogens with one attached hydrogen (secondary N) is 1. The maximum absolute atomic E-state index is 6.11. The highest BCUT2D eigenvalue weighted by atomic mass is 16.5. The molecule has 1 atom stereocenters. The van der Waals surface area contributed by atoms with Gasteiger partial charge in [0, 0.05) is 13.1 Å². The minimum atomic E-state index is 0.640. The Kier molecular flexibility index (Phi) is 4.91. The summed E-state index contributed by atoms with van der Waals surface area (Å²) in [5.41, 5.74) is 7.82. The summed E-state index contributed by atoms with van der Waals surface area (Å²) >= 11 is 0. The first-order valence-corrected chi connectivity index (χ1v) is 7.14. The van der Waals surface area contributed by atoms with E-state index in [1.165, 1.54) is 19.4 Å². The number of nitrogen functional groups attached to an aromatic ring is 1. The van der Waals surface area contributed by atoms with Crippen molar-refractivity contribution in [1.29, 1.82) is 0 Å². The van der Waals surface area contributed by atoms with Crippen LogP contribution in [0.5, 0.6) is 5.75 Å². The van der Waals surface area contributed by atoms with Gasteiger partial charge in [-0.25, -0.2) is 0 Å². The van der Waals surface area contributed by atoms with Gasteiger partial charge in [-0.3, -0.25) is 0 Å². The van der Waals surface area contributed by atoms with Gasteiger partial charge in [0.25, 0.3) is 0 Å². The molecule has 4 nitrogen and oxygen atoms in total. The number of ether oxygens (including phenoxy) is 1. The standard InChI is InChI=1S/C15H25N3O/c1-3-19-14-8-4-7-13(15(14)16)17-10-12-6-5-9-18(2)11-12/h4,7-8,12,17H,3,5-6,9-11,16H2,1-2H3. The SMILES string of the molecule is CCOc1cccc(NCC2CCCN(C)C2)c1N. The number of hydrogen-bond donors (Lipinski definition) is 2. The second-order valence-electron chi connectivity index (χ2n) is 5.30. The van der Waals surface area contributed by atoms with Crippen molar-refractivity contribution < 1.29 is 4.74 Å². The van der Waals surface area contributed by atoms with E-state index in [-0.39, 0.29) is 0 Å². The highest BCUT2D eigenvalue weighted by Crippen LogP contribution is 2.29. The van der Waals surface area contributed by atoms with Crippen LogP contribution in [0, 0.1) is 5.92 Å². The van der Waals surface area contributed by atoms with Crippen molar-refractivity contribution in [3.05, 3.63) is 18.2 Å². The molecule has 0 aromatic heterocycles. The zero-order chi connectivity index (χ0) is 13.7. The Balaban J connectivity index is 1.93. The van der Waals surface area contributed by atoms with E-state index in [1.54, 1.807) is 0 Å². The first kappa shape index (κ1) is 14.0. The van der Waals surface area contributed by atoms with Crippen molar-refractivity contribution in [3.8, 4) is 5.75 Å². The number of anilines is 2. The summed E-state index contributed by atoms with van der Waals surface area (Å²) in [7, 11) is 2.19.